The first-order valence-corrected chi connectivity index (χ1v) is 6.64. The molecule has 0 spiro atoms. The molecular formula is C12H16O2Si. The third-order valence-corrected chi connectivity index (χ3v) is 4.29. The Balaban J connectivity index is 2.94. The molecule has 0 N–H and O–H groups in total. The summed E-state index contributed by atoms with van der Waals surface area (Å²) in [5, 5.41) is 1.06. The maximum atomic E-state index is 5.63. The van der Waals surface area contributed by atoms with E-state index < -0.39 is 9.28 Å². The van der Waals surface area contributed by atoms with E-state index in [1.807, 2.05) is 38.1 Å². The minimum atomic E-state index is -1.79. The van der Waals surface area contributed by atoms with Crippen molar-refractivity contribution in [2.24, 2.45) is 0 Å². The van der Waals surface area contributed by atoms with Gasteiger partial charge in [0.1, 0.15) is 0 Å². The average molecular weight is 220 g/mol. The Morgan fingerprint density at radius 3 is 2.33 bits per heavy atom. The Kier molecular flexibility index (Phi) is 5.12. The normalized spacial score (nSPS) is 10.3. The van der Waals surface area contributed by atoms with Crippen LogP contribution in [0.2, 0.25) is 0 Å². The van der Waals surface area contributed by atoms with Gasteiger partial charge in [0.05, 0.1) is 0 Å². The van der Waals surface area contributed by atoms with Crippen molar-refractivity contribution < 1.29 is 8.85 Å². The quantitative estimate of drug-likeness (QED) is 0.548. The number of rotatable bonds is 5. The van der Waals surface area contributed by atoms with E-state index in [1.165, 1.54) is 0 Å². The first kappa shape index (κ1) is 12.0. The Bertz CT molecular complexity index is 338. The van der Waals surface area contributed by atoms with E-state index in [4.69, 9.17) is 15.3 Å². The lowest BCUT2D eigenvalue weighted by molar-refractivity contribution is 0.225. The van der Waals surface area contributed by atoms with Crippen molar-refractivity contribution in [1.29, 1.82) is 0 Å². The van der Waals surface area contributed by atoms with E-state index >= 15 is 0 Å². The predicted octanol–water partition coefficient (Wildman–Crippen LogP) is 1.17. The van der Waals surface area contributed by atoms with Gasteiger partial charge < -0.3 is 8.85 Å². The molecule has 0 atom stereocenters. The molecule has 1 rings (SSSR count). The van der Waals surface area contributed by atoms with Crippen LogP contribution in [0.1, 0.15) is 19.4 Å². The molecule has 0 aliphatic carbocycles. The van der Waals surface area contributed by atoms with Crippen molar-refractivity contribution in [2.75, 3.05) is 13.2 Å². The van der Waals surface area contributed by atoms with Crippen molar-refractivity contribution in [2.45, 2.75) is 13.8 Å². The molecule has 0 aliphatic heterocycles. The predicted molar refractivity (Wildman–Crippen MR) is 64.4 cm³/mol. The van der Waals surface area contributed by atoms with E-state index in [2.05, 4.69) is 5.92 Å². The molecule has 80 valence electrons. The fourth-order valence-electron chi connectivity index (χ4n) is 1.36. The van der Waals surface area contributed by atoms with Crippen LogP contribution >= 0.6 is 0 Å². The van der Waals surface area contributed by atoms with Crippen LogP contribution in [0, 0.1) is 12.3 Å². The maximum absolute atomic E-state index is 5.63. The lowest BCUT2D eigenvalue weighted by atomic mass is 10.2. The summed E-state index contributed by atoms with van der Waals surface area (Å²) in [4.78, 5) is 0. The minimum absolute atomic E-state index is 0.662. The second-order valence-corrected chi connectivity index (χ2v) is 4.93. The van der Waals surface area contributed by atoms with Gasteiger partial charge in [-0.05, 0) is 19.9 Å². The van der Waals surface area contributed by atoms with Gasteiger partial charge in [-0.25, -0.2) is 0 Å². The molecule has 0 bridgehead atoms. The molecule has 0 radical (unpaired) electrons. The van der Waals surface area contributed by atoms with Gasteiger partial charge in [0.2, 0.25) is 0 Å². The van der Waals surface area contributed by atoms with Gasteiger partial charge in [-0.15, -0.1) is 6.42 Å². The molecule has 0 saturated heterocycles. The third kappa shape index (κ3) is 3.20. The van der Waals surface area contributed by atoms with Crippen LogP contribution in [0.15, 0.2) is 24.3 Å². The molecule has 0 fully saturated rings. The Hall–Kier alpha value is -1.08. The lowest BCUT2D eigenvalue weighted by Crippen LogP contribution is -2.38. The number of benzene rings is 1. The zero-order valence-corrected chi connectivity index (χ0v) is 10.3. The maximum Gasteiger partial charge on any atom is 0.357 e. The molecule has 15 heavy (non-hydrogen) atoms. The van der Waals surface area contributed by atoms with Crippen LogP contribution in [0.4, 0.5) is 0 Å². The molecule has 0 aliphatic rings. The summed E-state index contributed by atoms with van der Waals surface area (Å²) in [5.74, 6) is 2.67. The molecule has 2 nitrogen and oxygen atoms in total. The first-order valence-electron chi connectivity index (χ1n) is 5.12. The topological polar surface area (TPSA) is 18.5 Å². The van der Waals surface area contributed by atoms with E-state index in [0.717, 1.165) is 10.8 Å². The summed E-state index contributed by atoms with van der Waals surface area (Å²) < 4.78 is 11.3. The van der Waals surface area contributed by atoms with Crippen LogP contribution < -0.4 is 5.19 Å². The minimum Gasteiger partial charge on any atom is -0.394 e. The Labute approximate surface area is 93.1 Å². The fourth-order valence-corrected chi connectivity index (χ4v) is 3.13. The Morgan fingerprint density at radius 1 is 1.20 bits per heavy atom. The second kappa shape index (κ2) is 6.41. The van der Waals surface area contributed by atoms with Crippen LogP contribution in [-0.4, -0.2) is 22.5 Å². The van der Waals surface area contributed by atoms with Crippen LogP contribution in [0.3, 0.4) is 0 Å². The number of hydrogen-bond acceptors (Lipinski definition) is 2. The summed E-state index contributed by atoms with van der Waals surface area (Å²) in [6.07, 6.45) is 5.44. The molecule has 0 aromatic heterocycles. The van der Waals surface area contributed by atoms with Gasteiger partial charge in [0.15, 0.2) is 0 Å². The van der Waals surface area contributed by atoms with Gasteiger partial charge in [0, 0.05) is 24.0 Å². The third-order valence-electron chi connectivity index (χ3n) is 2.01. The molecular weight excluding hydrogens is 204 g/mol. The van der Waals surface area contributed by atoms with Crippen molar-refractivity contribution in [3.63, 3.8) is 0 Å². The number of terminal acetylenes is 1. The molecule has 1 aromatic carbocycles. The molecule has 1 aromatic rings. The van der Waals surface area contributed by atoms with Crippen LogP contribution in [0.25, 0.3) is 0 Å². The zero-order chi connectivity index (χ0) is 11.1. The van der Waals surface area contributed by atoms with E-state index in [-0.39, 0.29) is 0 Å². The van der Waals surface area contributed by atoms with E-state index in [0.29, 0.717) is 13.2 Å². The average Bonchev–Trinajstić information content (AvgIpc) is 2.29. The first-order chi connectivity index (χ1) is 7.33. The highest BCUT2D eigenvalue weighted by Gasteiger charge is 2.17. The second-order valence-electron chi connectivity index (χ2n) is 2.97. The van der Waals surface area contributed by atoms with Crippen LogP contribution in [0.5, 0.6) is 0 Å². The van der Waals surface area contributed by atoms with Gasteiger partial charge in [-0.1, -0.05) is 24.1 Å². The Morgan fingerprint density at radius 2 is 1.80 bits per heavy atom. The SMILES string of the molecule is C#Cc1ccccc1[SiH](OCC)OCC. The standard InChI is InChI=1S/C12H16O2Si/c1-4-11-9-7-8-10-12(11)15(13-5-2)14-6-3/h1,7-10,15H,5-6H2,2-3H3. The van der Waals surface area contributed by atoms with Crippen molar-refractivity contribution in [1.82, 2.24) is 0 Å². The summed E-state index contributed by atoms with van der Waals surface area (Å²) in [6.45, 7) is 5.26. The lowest BCUT2D eigenvalue weighted by Gasteiger charge is -2.16. The monoisotopic (exact) mass is 220 g/mol. The number of hydrogen-bond donors (Lipinski definition) is 0. The molecule has 0 unspecified atom stereocenters. The molecule has 3 heteroatoms. The highest BCUT2D eigenvalue weighted by Crippen LogP contribution is 1.99. The largest absolute Gasteiger partial charge is 0.394 e. The molecule has 0 heterocycles. The van der Waals surface area contributed by atoms with Gasteiger partial charge >= 0.3 is 9.28 Å². The van der Waals surface area contributed by atoms with Crippen LogP contribution in [-0.2, 0) is 8.85 Å². The highest BCUT2D eigenvalue weighted by molar-refractivity contribution is 6.62. The molecule has 0 amide bonds. The summed E-state index contributed by atoms with van der Waals surface area (Å²) in [6, 6.07) is 7.82. The van der Waals surface area contributed by atoms with Gasteiger partial charge in [-0.2, -0.15) is 0 Å². The summed E-state index contributed by atoms with van der Waals surface area (Å²) in [7, 11) is -1.79. The summed E-state index contributed by atoms with van der Waals surface area (Å²) >= 11 is 0. The van der Waals surface area contributed by atoms with E-state index in [9.17, 15) is 0 Å². The van der Waals surface area contributed by atoms with Crippen molar-refractivity contribution >= 4 is 14.5 Å². The highest BCUT2D eigenvalue weighted by atomic mass is 28.3. The van der Waals surface area contributed by atoms with Gasteiger partial charge in [0.25, 0.3) is 0 Å². The summed E-state index contributed by atoms with van der Waals surface area (Å²) in [5.41, 5.74) is 0.885. The van der Waals surface area contributed by atoms with Gasteiger partial charge in [-0.3, -0.25) is 0 Å². The zero-order valence-electron chi connectivity index (χ0n) is 9.19. The van der Waals surface area contributed by atoms with Crippen molar-refractivity contribution in [3.05, 3.63) is 29.8 Å². The van der Waals surface area contributed by atoms with E-state index in [1.54, 1.807) is 0 Å². The fraction of sp³-hybridized carbons (Fsp3) is 0.333. The molecule has 0 saturated carbocycles. The smallest absolute Gasteiger partial charge is 0.357 e. The van der Waals surface area contributed by atoms with Crippen molar-refractivity contribution in [3.8, 4) is 12.3 Å².